The second-order valence-electron chi connectivity index (χ2n) is 0.168. The number of aliphatic hydroxyl groups excluding tert-OH is 1. The molecule has 0 aromatic carbocycles. The van der Waals surface area contributed by atoms with E-state index in [1.807, 2.05) is 0 Å². The molecular formula is C3H5ClO3W2-2. The molecule has 0 saturated heterocycles. The first-order chi connectivity index (χ1) is 2.83. The normalized spacial score (nSPS) is 2.78. The van der Waals surface area contributed by atoms with Crippen molar-refractivity contribution >= 4 is 23.8 Å². The molecule has 0 amide bonds. The summed E-state index contributed by atoms with van der Waals surface area (Å²) in [5.74, 6) is 0.972. The van der Waals surface area contributed by atoms with E-state index < -0.39 is 0 Å². The second-order valence-corrected chi connectivity index (χ2v) is 0.323. The molecule has 0 radical (unpaired) electrons. The average Bonchev–Trinajstić information content (AvgIpc) is 1.39. The van der Waals surface area contributed by atoms with Gasteiger partial charge in [-0.15, -0.1) is 0 Å². The van der Waals surface area contributed by atoms with E-state index in [1.54, 1.807) is 0 Å². The Kier molecular flexibility index (Phi) is 249. The van der Waals surface area contributed by atoms with Gasteiger partial charge in [-0.2, -0.15) is 5.75 Å². The van der Waals surface area contributed by atoms with Crippen molar-refractivity contribution in [2.24, 2.45) is 0 Å². The zero-order chi connectivity index (χ0) is 5.41. The minimum Gasteiger partial charge on any atom is -0.665 e. The number of hydrogen-bond acceptors (Lipinski definition) is 2. The maximum absolute atomic E-state index is 8.45. The van der Waals surface area contributed by atoms with Gasteiger partial charge in [-0.3, -0.25) is 0 Å². The molecule has 0 spiro atoms. The van der Waals surface area contributed by atoms with Gasteiger partial charge in [0, 0.05) is 42.1 Å². The topological polar surface area (TPSA) is 54.4 Å². The van der Waals surface area contributed by atoms with Crippen molar-refractivity contribution < 1.29 is 56.8 Å². The summed E-state index contributed by atoms with van der Waals surface area (Å²) in [6.07, 6.45) is 0. The Morgan fingerprint density at radius 2 is 1.22 bits per heavy atom. The van der Waals surface area contributed by atoms with Crippen molar-refractivity contribution in [3.8, 4) is 0 Å². The first kappa shape index (κ1) is 32.9. The predicted octanol–water partition coefficient (Wildman–Crippen LogP) is 0.535. The molecule has 0 saturated carbocycles. The molecule has 0 aromatic heterocycles. The molecule has 0 atom stereocenters. The standard InChI is InChI=1S/CClO.CHO2.CH4.2W/c2*2-1-3;;;/h;(H,2,3);1H4;;/q2*-1;;;. The Morgan fingerprint density at radius 3 is 1.22 bits per heavy atom. The van der Waals surface area contributed by atoms with Gasteiger partial charge < -0.3 is 26.3 Å². The van der Waals surface area contributed by atoms with Gasteiger partial charge in [0.15, 0.2) is 0 Å². The molecule has 6 heteroatoms. The fourth-order valence-corrected chi connectivity index (χ4v) is 0. The molecule has 0 bridgehead atoms. The molecule has 0 aliphatic rings. The van der Waals surface area contributed by atoms with Gasteiger partial charge in [0.25, 0.3) is 0 Å². The van der Waals surface area contributed by atoms with Crippen LogP contribution in [-0.2, 0) is 51.7 Å². The van der Waals surface area contributed by atoms with Gasteiger partial charge in [0.1, 0.15) is 0 Å². The van der Waals surface area contributed by atoms with Crippen molar-refractivity contribution in [2.75, 3.05) is 0 Å². The van der Waals surface area contributed by atoms with Crippen LogP contribution in [-0.4, -0.2) is 17.3 Å². The zero-order valence-corrected chi connectivity index (χ0v) is 10.1. The van der Waals surface area contributed by atoms with Gasteiger partial charge in [-0.05, 0) is 0 Å². The Hall–Kier alpha value is 0.807. The monoisotopic (exact) mass is 492 g/mol. The minimum atomic E-state index is 0. The minimum absolute atomic E-state index is 0. The van der Waals surface area contributed by atoms with E-state index in [0.717, 1.165) is 5.75 Å². The third-order valence-corrected chi connectivity index (χ3v) is 0. The van der Waals surface area contributed by atoms with Gasteiger partial charge in [-0.25, -0.2) is 0 Å². The van der Waals surface area contributed by atoms with E-state index in [-0.39, 0.29) is 49.6 Å². The summed E-state index contributed by atoms with van der Waals surface area (Å²) in [5.41, 5.74) is 0. The smallest absolute Gasteiger partial charge is 0 e. The molecule has 1 N–H and O–H groups in total. The molecule has 0 aliphatic carbocycles. The Bertz CT molecular complexity index is 38.0. The molecule has 0 unspecified atom stereocenters. The first-order valence-electron chi connectivity index (χ1n) is 0.821. The maximum Gasteiger partial charge on any atom is 0 e. The van der Waals surface area contributed by atoms with Crippen LogP contribution in [0.1, 0.15) is 7.43 Å². The summed E-state index contributed by atoms with van der Waals surface area (Å²) in [4.78, 5) is 16.7. The average molecular weight is 492 g/mol. The molecule has 0 heterocycles. The second kappa shape index (κ2) is 68.1. The Morgan fingerprint density at radius 1 is 1.22 bits per heavy atom. The Labute approximate surface area is 87.7 Å². The van der Waals surface area contributed by atoms with E-state index in [4.69, 9.17) is 14.7 Å². The molecule has 9 heavy (non-hydrogen) atoms. The Balaban J connectivity index is -0.00000000889. The summed E-state index contributed by atoms with van der Waals surface area (Å²) >= 11 is 4.19. The van der Waals surface area contributed by atoms with E-state index in [9.17, 15) is 0 Å². The quantitative estimate of drug-likeness (QED) is 0.397. The summed E-state index contributed by atoms with van der Waals surface area (Å²) < 4.78 is 0. The maximum atomic E-state index is 8.45. The SMILES string of the molecule is C.O=[C-]Cl.O=[C-]O.[W].[W]. The van der Waals surface area contributed by atoms with Crippen LogP contribution >= 0.6 is 11.6 Å². The number of rotatable bonds is 0. The van der Waals surface area contributed by atoms with Crippen LogP contribution in [0.3, 0.4) is 0 Å². The van der Waals surface area contributed by atoms with Crippen LogP contribution in [0.5, 0.6) is 0 Å². The molecule has 56 valence electrons. The molecular weight excluding hydrogens is 487 g/mol. The van der Waals surface area contributed by atoms with E-state index >= 15 is 0 Å². The van der Waals surface area contributed by atoms with Gasteiger partial charge in [0.2, 0.25) is 0 Å². The van der Waals surface area contributed by atoms with Crippen molar-refractivity contribution in [2.45, 2.75) is 7.43 Å². The largest absolute Gasteiger partial charge is 0.665 e. The fraction of sp³-hybridized carbons (Fsp3) is 0.333. The van der Waals surface area contributed by atoms with E-state index in [2.05, 4.69) is 11.6 Å². The van der Waals surface area contributed by atoms with Crippen molar-refractivity contribution in [1.82, 2.24) is 0 Å². The third-order valence-electron chi connectivity index (χ3n) is 0. The number of carbonyl (C=O) groups excluding carboxylic acids is 1. The fourth-order valence-electron chi connectivity index (χ4n) is 0. The summed E-state index contributed by atoms with van der Waals surface area (Å²) in [7, 11) is 0. The van der Waals surface area contributed by atoms with Gasteiger partial charge in [0.05, 0.1) is 0 Å². The van der Waals surface area contributed by atoms with Crippen LogP contribution in [0.15, 0.2) is 0 Å². The number of halogens is 1. The van der Waals surface area contributed by atoms with E-state index in [1.165, 1.54) is 0 Å². The van der Waals surface area contributed by atoms with Crippen LogP contribution < -0.4 is 0 Å². The zero-order valence-electron chi connectivity index (χ0n) is 3.46. The van der Waals surface area contributed by atoms with Crippen molar-refractivity contribution in [3.05, 3.63) is 0 Å². The molecule has 3 nitrogen and oxygen atoms in total. The van der Waals surface area contributed by atoms with Crippen LogP contribution in [0, 0.1) is 0 Å². The van der Waals surface area contributed by atoms with Crippen LogP contribution in [0.2, 0.25) is 0 Å². The first-order valence-corrected chi connectivity index (χ1v) is 1.20. The predicted molar refractivity (Wildman–Crippen MR) is 26.6 cm³/mol. The number of hydrogen-bond donors (Lipinski definition) is 1. The third kappa shape index (κ3) is 627. The molecule has 0 aromatic rings. The summed E-state index contributed by atoms with van der Waals surface area (Å²) in [6.45, 7) is 0.500. The molecule has 0 rings (SSSR count). The van der Waals surface area contributed by atoms with Crippen LogP contribution in [0.25, 0.3) is 0 Å². The van der Waals surface area contributed by atoms with Crippen molar-refractivity contribution in [1.29, 1.82) is 0 Å². The van der Waals surface area contributed by atoms with Gasteiger partial charge >= 0.3 is 0 Å². The van der Waals surface area contributed by atoms with Crippen LogP contribution in [0.4, 0.5) is 0 Å². The summed E-state index contributed by atoms with van der Waals surface area (Å²) in [6, 6.07) is 0. The van der Waals surface area contributed by atoms with Crippen molar-refractivity contribution in [3.63, 3.8) is 0 Å². The van der Waals surface area contributed by atoms with E-state index in [0.29, 0.717) is 6.47 Å². The molecule has 0 aliphatic heterocycles. The van der Waals surface area contributed by atoms with Gasteiger partial charge in [-0.1, -0.05) is 13.9 Å². The summed E-state index contributed by atoms with van der Waals surface area (Å²) in [5, 5.41) is 6.76. The molecule has 0 fully saturated rings.